The topological polar surface area (TPSA) is 12.0 Å². The highest BCUT2D eigenvalue weighted by atomic mass is 79.9. The van der Waals surface area contributed by atoms with Gasteiger partial charge in [-0.3, -0.25) is 0 Å². The monoisotopic (exact) mass is 351 g/mol. The Kier molecular flexibility index (Phi) is 5.25. The number of nitrogens with one attached hydrogen (secondary N) is 1. The van der Waals surface area contributed by atoms with E-state index in [9.17, 15) is 0 Å². The van der Waals surface area contributed by atoms with Crippen LogP contribution >= 0.6 is 27.5 Å². The third-order valence-electron chi connectivity index (χ3n) is 3.51. The van der Waals surface area contributed by atoms with E-state index in [0.29, 0.717) is 0 Å². The third kappa shape index (κ3) is 3.63. The molecule has 3 heteroatoms. The predicted molar refractivity (Wildman–Crippen MR) is 90.6 cm³/mol. The van der Waals surface area contributed by atoms with E-state index < -0.39 is 0 Å². The first-order valence-corrected chi connectivity index (χ1v) is 7.86. The molecule has 0 aliphatic heterocycles. The minimum atomic E-state index is 0.241. The van der Waals surface area contributed by atoms with Gasteiger partial charge in [-0.15, -0.1) is 0 Å². The molecule has 0 aliphatic carbocycles. The summed E-state index contributed by atoms with van der Waals surface area (Å²) < 4.78 is 1.14. The number of hydrogen-bond acceptors (Lipinski definition) is 1. The second-order valence-electron chi connectivity index (χ2n) is 5.17. The van der Waals surface area contributed by atoms with Crippen molar-refractivity contribution in [3.63, 3.8) is 0 Å². The first-order valence-electron chi connectivity index (χ1n) is 6.69. The van der Waals surface area contributed by atoms with Gasteiger partial charge in [-0.1, -0.05) is 51.8 Å². The smallest absolute Gasteiger partial charge is 0.0441 e. The van der Waals surface area contributed by atoms with Crippen LogP contribution in [0, 0.1) is 13.8 Å². The molecule has 1 nitrogen and oxygen atoms in total. The van der Waals surface area contributed by atoms with E-state index in [4.69, 9.17) is 11.6 Å². The van der Waals surface area contributed by atoms with Crippen molar-refractivity contribution in [1.29, 1.82) is 0 Å². The molecule has 2 aromatic carbocycles. The van der Waals surface area contributed by atoms with Gasteiger partial charge in [0.05, 0.1) is 0 Å². The highest BCUT2D eigenvalue weighted by Gasteiger charge is 2.15. The van der Waals surface area contributed by atoms with Crippen LogP contribution in [0.15, 0.2) is 40.9 Å². The SMILES string of the molecule is CNC(Cc1ccc(C)cc1Cl)c1ccc(C)cc1Br. The van der Waals surface area contributed by atoms with Crippen molar-refractivity contribution in [2.24, 2.45) is 0 Å². The summed E-state index contributed by atoms with van der Waals surface area (Å²) >= 11 is 10.0. The molecule has 106 valence electrons. The fourth-order valence-electron chi connectivity index (χ4n) is 2.32. The molecular weight excluding hydrogens is 334 g/mol. The molecule has 0 bridgehead atoms. The van der Waals surface area contributed by atoms with Gasteiger partial charge in [0, 0.05) is 15.5 Å². The Balaban J connectivity index is 2.28. The minimum Gasteiger partial charge on any atom is -0.313 e. The minimum absolute atomic E-state index is 0.241. The lowest BCUT2D eigenvalue weighted by molar-refractivity contribution is 0.589. The number of likely N-dealkylation sites (N-methyl/N-ethyl adjacent to an activating group) is 1. The van der Waals surface area contributed by atoms with Crippen LogP contribution in [0.25, 0.3) is 0 Å². The quantitative estimate of drug-likeness (QED) is 0.795. The van der Waals surface area contributed by atoms with E-state index in [0.717, 1.165) is 15.9 Å². The summed E-state index contributed by atoms with van der Waals surface area (Å²) in [4.78, 5) is 0. The van der Waals surface area contributed by atoms with Crippen LogP contribution in [0.1, 0.15) is 28.3 Å². The zero-order chi connectivity index (χ0) is 14.7. The molecule has 0 saturated carbocycles. The fourth-order valence-corrected chi connectivity index (χ4v) is 3.40. The first-order chi connectivity index (χ1) is 9.51. The van der Waals surface area contributed by atoms with Crippen LogP contribution in [-0.4, -0.2) is 7.05 Å². The van der Waals surface area contributed by atoms with E-state index in [-0.39, 0.29) is 6.04 Å². The lowest BCUT2D eigenvalue weighted by Crippen LogP contribution is -2.19. The van der Waals surface area contributed by atoms with E-state index in [1.807, 2.05) is 13.1 Å². The van der Waals surface area contributed by atoms with Gasteiger partial charge in [0.25, 0.3) is 0 Å². The lowest BCUT2D eigenvalue weighted by atomic mass is 9.97. The van der Waals surface area contributed by atoms with Gasteiger partial charge < -0.3 is 5.32 Å². The molecule has 0 fully saturated rings. The number of hydrogen-bond donors (Lipinski definition) is 1. The molecule has 1 N–H and O–H groups in total. The predicted octanol–water partition coefficient (Wildman–Crippen LogP) is 5.22. The Morgan fingerprint density at radius 3 is 2.35 bits per heavy atom. The molecule has 2 rings (SSSR count). The van der Waals surface area contributed by atoms with Crippen LogP contribution in [0.5, 0.6) is 0 Å². The molecule has 0 radical (unpaired) electrons. The lowest BCUT2D eigenvalue weighted by Gasteiger charge is -2.19. The molecule has 20 heavy (non-hydrogen) atoms. The van der Waals surface area contributed by atoms with Gasteiger partial charge in [-0.2, -0.15) is 0 Å². The van der Waals surface area contributed by atoms with Crippen molar-refractivity contribution < 1.29 is 0 Å². The normalized spacial score (nSPS) is 12.4. The average Bonchev–Trinajstić information content (AvgIpc) is 2.39. The summed E-state index contributed by atoms with van der Waals surface area (Å²) in [6.45, 7) is 4.15. The Bertz CT molecular complexity index is 610. The second-order valence-corrected chi connectivity index (χ2v) is 6.43. The number of aryl methyl sites for hydroxylation is 2. The number of halogens is 2. The average molecular weight is 353 g/mol. The molecule has 0 aliphatic rings. The molecular formula is C17H19BrClN. The molecule has 1 unspecified atom stereocenters. The molecule has 0 heterocycles. The summed E-state index contributed by atoms with van der Waals surface area (Å²) in [5, 5.41) is 4.22. The maximum atomic E-state index is 6.34. The summed E-state index contributed by atoms with van der Waals surface area (Å²) in [5.74, 6) is 0. The highest BCUT2D eigenvalue weighted by molar-refractivity contribution is 9.10. The maximum absolute atomic E-state index is 6.34. The molecule has 0 amide bonds. The Labute approximate surface area is 134 Å². The van der Waals surface area contributed by atoms with Gasteiger partial charge in [0.1, 0.15) is 0 Å². The molecule has 0 aromatic heterocycles. The summed E-state index contributed by atoms with van der Waals surface area (Å²) in [5.41, 5.74) is 4.87. The Morgan fingerprint density at radius 2 is 1.75 bits per heavy atom. The van der Waals surface area contributed by atoms with Crippen LogP contribution in [-0.2, 0) is 6.42 Å². The van der Waals surface area contributed by atoms with Crippen LogP contribution in [0.4, 0.5) is 0 Å². The zero-order valence-corrected chi connectivity index (χ0v) is 14.3. The van der Waals surface area contributed by atoms with Crippen molar-refractivity contribution >= 4 is 27.5 Å². The third-order valence-corrected chi connectivity index (χ3v) is 4.55. The van der Waals surface area contributed by atoms with Gasteiger partial charge >= 0.3 is 0 Å². The summed E-state index contributed by atoms with van der Waals surface area (Å²) in [6.07, 6.45) is 0.872. The summed E-state index contributed by atoms with van der Waals surface area (Å²) in [6, 6.07) is 12.9. The second kappa shape index (κ2) is 6.75. The van der Waals surface area contributed by atoms with E-state index in [2.05, 4.69) is 65.4 Å². The van der Waals surface area contributed by atoms with Crippen LogP contribution in [0.3, 0.4) is 0 Å². The fraction of sp³-hybridized carbons (Fsp3) is 0.294. The highest BCUT2D eigenvalue weighted by Crippen LogP contribution is 2.29. The summed E-state index contributed by atoms with van der Waals surface area (Å²) in [7, 11) is 1.99. The van der Waals surface area contributed by atoms with Gasteiger partial charge in [0.2, 0.25) is 0 Å². The van der Waals surface area contributed by atoms with Crippen molar-refractivity contribution in [3.05, 3.63) is 68.1 Å². The van der Waals surface area contributed by atoms with E-state index in [1.54, 1.807) is 0 Å². The van der Waals surface area contributed by atoms with Gasteiger partial charge in [-0.05, 0) is 61.7 Å². The number of rotatable bonds is 4. The number of benzene rings is 2. The van der Waals surface area contributed by atoms with Crippen LogP contribution in [0.2, 0.25) is 5.02 Å². The van der Waals surface area contributed by atoms with Crippen molar-refractivity contribution in [1.82, 2.24) is 5.32 Å². The van der Waals surface area contributed by atoms with Gasteiger partial charge in [0.15, 0.2) is 0 Å². The van der Waals surface area contributed by atoms with Crippen molar-refractivity contribution in [3.8, 4) is 0 Å². The Morgan fingerprint density at radius 1 is 1.10 bits per heavy atom. The molecule has 0 saturated heterocycles. The first kappa shape index (κ1) is 15.6. The van der Waals surface area contributed by atoms with Crippen molar-refractivity contribution in [2.45, 2.75) is 26.3 Å². The largest absolute Gasteiger partial charge is 0.313 e. The van der Waals surface area contributed by atoms with Crippen molar-refractivity contribution in [2.75, 3.05) is 7.05 Å². The molecule has 2 aromatic rings. The zero-order valence-electron chi connectivity index (χ0n) is 12.0. The maximum Gasteiger partial charge on any atom is 0.0441 e. The molecule has 1 atom stereocenters. The standard InChI is InChI=1S/C17H19BrClN/c1-11-5-7-14(15(18)8-11)17(20-3)10-13-6-4-12(2)9-16(13)19/h4-9,17,20H,10H2,1-3H3. The van der Waals surface area contributed by atoms with Crippen LogP contribution < -0.4 is 5.32 Å². The van der Waals surface area contributed by atoms with E-state index in [1.165, 1.54) is 22.3 Å². The van der Waals surface area contributed by atoms with E-state index >= 15 is 0 Å². The Hall–Kier alpha value is -0.830. The molecule has 0 spiro atoms. The van der Waals surface area contributed by atoms with Gasteiger partial charge in [-0.25, -0.2) is 0 Å².